The van der Waals surface area contributed by atoms with Crippen LogP contribution < -0.4 is 0 Å². The maximum Gasteiger partial charge on any atom is 0.0909 e. The van der Waals surface area contributed by atoms with Crippen molar-refractivity contribution in [1.82, 2.24) is 0 Å². The fraction of sp³-hybridized carbons (Fsp3) is 1.00. The molecule has 0 aromatic carbocycles. The third kappa shape index (κ3) is 3.67. The minimum Gasteiger partial charge on any atom is -0.396 e. The quantitative estimate of drug-likeness (QED) is 0.798. The zero-order valence-electron chi connectivity index (χ0n) is 11.7. The smallest absolute Gasteiger partial charge is 0.0909 e. The van der Waals surface area contributed by atoms with Gasteiger partial charge in [0.25, 0.3) is 0 Å². The van der Waals surface area contributed by atoms with Gasteiger partial charge in [0.1, 0.15) is 0 Å². The molecule has 0 unspecified atom stereocenters. The van der Waals surface area contributed by atoms with Gasteiger partial charge in [-0.1, -0.05) is 20.8 Å². The topological polar surface area (TPSA) is 49.7 Å². The molecular formula is C14H28O3. The predicted octanol–water partition coefficient (Wildman–Crippen LogP) is 2.35. The Kier molecular flexibility index (Phi) is 4.99. The van der Waals surface area contributed by atoms with Gasteiger partial charge in [-0.2, -0.15) is 0 Å². The summed E-state index contributed by atoms with van der Waals surface area (Å²) in [7, 11) is 1.68. The van der Waals surface area contributed by atoms with Crippen LogP contribution in [0.5, 0.6) is 0 Å². The molecule has 102 valence electrons. The molecule has 1 fully saturated rings. The monoisotopic (exact) mass is 244 g/mol. The number of methoxy groups -OCH3 is 1. The first-order valence-electron chi connectivity index (χ1n) is 6.69. The van der Waals surface area contributed by atoms with Gasteiger partial charge >= 0.3 is 0 Å². The number of hydrogen-bond donors (Lipinski definition) is 2. The van der Waals surface area contributed by atoms with E-state index in [0.29, 0.717) is 18.8 Å². The second-order valence-corrected chi connectivity index (χ2v) is 6.49. The van der Waals surface area contributed by atoms with Crippen molar-refractivity contribution in [2.24, 2.45) is 11.3 Å². The third-order valence-electron chi connectivity index (χ3n) is 4.30. The van der Waals surface area contributed by atoms with Gasteiger partial charge in [-0.25, -0.2) is 0 Å². The van der Waals surface area contributed by atoms with Gasteiger partial charge in [-0.05, 0) is 43.4 Å². The lowest BCUT2D eigenvalue weighted by Crippen LogP contribution is -2.50. The maximum absolute atomic E-state index is 10.6. The Bertz CT molecular complexity index is 234. The number of rotatable bonds is 4. The van der Waals surface area contributed by atoms with Crippen molar-refractivity contribution in [3.8, 4) is 0 Å². The maximum atomic E-state index is 10.6. The van der Waals surface area contributed by atoms with E-state index in [-0.39, 0.29) is 18.1 Å². The minimum absolute atomic E-state index is 0.0907. The van der Waals surface area contributed by atoms with Crippen LogP contribution in [0.15, 0.2) is 0 Å². The van der Waals surface area contributed by atoms with Crippen LogP contribution in [-0.2, 0) is 4.74 Å². The van der Waals surface area contributed by atoms with Gasteiger partial charge in [0.2, 0.25) is 0 Å². The molecule has 0 aromatic rings. The molecule has 3 atom stereocenters. The molecule has 0 spiro atoms. The van der Waals surface area contributed by atoms with Crippen molar-refractivity contribution in [1.29, 1.82) is 0 Å². The van der Waals surface area contributed by atoms with E-state index in [2.05, 4.69) is 20.8 Å². The van der Waals surface area contributed by atoms with Crippen LogP contribution in [0.25, 0.3) is 0 Å². The second-order valence-electron chi connectivity index (χ2n) is 6.49. The first-order valence-corrected chi connectivity index (χ1v) is 6.69. The highest BCUT2D eigenvalue weighted by Crippen LogP contribution is 2.43. The second kappa shape index (κ2) is 5.68. The Morgan fingerprint density at radius 1 is 1.35 bits per heavy atom. The van der Waals surface area contributed by atoms with E-state index < -0.39 is 5.60 Å². The van der Waals surface area contributed by atoms with E-state index in [0.717, 1.165) is 19.3 Å². The van der Waals surface area contributed by atoms with Crippen LogP contribution >= 0.6 is 0 Å². The van der Waals surface area contributed by atoms with Crippen molar-refractivity contribution in [2.75, 3.05) is 13.7 Å². The Labute approximate surface area is 105 Å². The van der Waals surface area contributed by atoms with Crippen LogP contribution in [0.2, 0.25) is 0 Å². The van der Waals surface area contributed by atoms with Crippen LogP contribution in [0, 0.1) is 11.3 Å². The normalized spacial score (nSPS) is 34.9. The molecule has 1 rings (SSSR count). The average Bonchev–Trinajstić information content (AvgIpc) is 2.25. The molecule has 0 aliphatic heterocycles. The summed E-state index contributed by atoms with van der Waals surface area (Å²) in [4.78, 5) is 0. The van der Waals surface area contributed by atoms with Gasteiger partial charge in [0.15, 0.2) is 0 Å². The van der Waals surface area contributed by atoms with Crippen molar-refractivity contribution in [3.05, 3.63) is 0 Å². The molecule has 0 saturated heterocycles. The molecule has 17 heavy (non-hydrogen) atoms. The molecule has 3 nitrogen and oxygen atoms in total. The number of aliphatic hydroxyl groups excluding tert-OH is 1. The lowest BCUT2D eigenvalue weighted by molar-refractivity contribution is -0.142. The zero-order chi connectivity index (χ0) is 13.1. The van der Waals surface area contributed by atoms with E-state index in [1.807, 2.05) is 0 Å². The first kappa shape index (κ1) is 14.9. The molecule has 0 aromatic heterocycles. The molecule has 0 heterocycles. The van der Waals surface area contributed by atoms with Gasteiger partial charge in [0, 0.05) is 13.7 Å². The Hall–Kier alpha value is -0.120. The van der Waals surface area contributed by atoms with E-state index in [1.165, 1.54) is 0 Å². The summed E-state index contributed by atoms with van der Waals surface area (Å²) in [6.07, 6.45) is 3.95. The van der Waals surface area contributed by atoms with Crippen molar-refractivity contribution < 1.29 is 14.9 Å². The highest BCUT2D eigenvalue weighted by atomic mass is 16.5. The summed E-state index contributed by atoms with van der Waals surface area (Å²) < 4.78 is 5.50. The lowest BCUT2D eigenvalue weighted by Gasteiger charge is -2.46. The van der Waals surface area contributed by atoms with Crippen molar-refractivity contribution >= 4 is 0 Å². The predicted molar refractivity (Wildman–Crippen MR) is 68.9 cm³/mol. The minimum atomic E-state index is -0.737. The van der Waals surface area contributed by atoms with Gasteiger partial charge in [-0.3, -0.25) is 0 Å². The molecule has 2 N–H and O–H groups in total. The SMILES string of the molecule is CO[C@@H]1C[C@H](C(C)(C)C)CC[C@@]1(O)CCCO. The summed E-state index contributed by atoms with van der Waals surface area (Å²) in [5.41, 5.74) is -0.464. The summed E-state index contributed by atoms with van der Waals surface area (Å²) >= 11 is 0. The van der Waals surface area contributed by atoms with Crippen molar-refractivity contribution in [3.63, 3.8) is 0 Å². The van der Waals surface area contributed by atoms with Crippen LogP contribution in [0.1, 0.15) is 52.9 Å². The summed E-state index contributed by atoms with van der Waals surface area (Å²) in [5.74, 6) is 0.599. The third-order valence-corrected chi connectivity index (χ3v) is 4.30. The van der Waals surface area contributed by atoms with Crippen molar-refractivity contribution in [2.45, 2.75) is 64.6 Å². The van der Waals surface area contributed by atoms with E-state index in [9.17, 15) is 5.11 Å². The largest absolute Gasteiger partial charge is 0.396 e. The molecular weight excluding hydrogens is 216 g/mol. The lowest BCUT2D eigenvalue weighted by atomic mass is 9.66. The van der Waals surface area contributed by atoms with Crippen LogP contribution in [-0.4, -0.2) is 35.6 Å². The van der Waals surface area contributed by atoms with Gasteiger partial charge in [0.05, 0.1) is 11.7 Å². The summed E-state index contributed by atoms with van der Waals surface area (Å²) in [6.45, 7) is 6.90. The summed E-state index contributed by atoms with van der Waals surface area (Å²) in [6, 6.07) is 0. The van der Waals surface area contributed by atoms with E-state index >= 15 is 0 Å². The molecule has 0 bridgehead atoms. The molecule has 1 saturated carbocycles. The summed E-state index contributed by atoms with van der Waals surface area (Å²) in [5, 5.41) is 19.5. The van der Waals surface area contributed by atoms with Gasteiger partial charge in [-0.15, -0.1) is 0 Å². The standard InChI is InChI=1S/C14H28O3/c1-13(2,3)11-6-8-14(16,7-5-9-15)12(10-11)17-4/h11-12,15-16H,5-10H2,1-4H3/t11-,12-,14+/m1/s1. The number of aliphatic hydroxyl groups is 2. The average molecular weight is 244 g/mol. The molecule has 0 radical (unpaired) electrons. The molecule has 1 aliphatic carbocycles. The van der Waals surface area contributed by atoms with E-state index in [4.69, 9.17) is 9.84 Å². The number of ether oxygens (including phenoxy) is 1. The van der Waals surface area contributed by atoms with Gasteiger partial charge < -0.3 is 14.9 Å². The Morgan fingerprint density at radius 3 is 2.47 bits per heavy atom. The Morgan fingerprint density at radius 2 is 2.00 bits per heavy atom. The molecule has 0 amide bonds. The Balaban J connectivity index is 2.67. The molecule has 1 aliphatic rings. The fourth-order valence-corrected chi connectivity index (χ4v) is 2.95. The zero-order valence-corrected chi connectivity index (χ0v) is 11.7. The number of hydrogen-bond acceptors (Lipinski definition) is 3. The van der Waals surface area contributed by atoms with Crippen LogP contribution in [0.3, 0.4) is 0 Å². The highest BCUT2D eigenvalue weighted by molar-refractivity contribution is 4.96. The fourth-order valence-electron chi connectivity index (χ4n) is 2.95. The first-order chi connectivity index (χ1) is 7.83. The molecule has 3 heteroatoms. The van der Waals surface area contributed by atoms with Crippen LogP contribution in [0.4, 0.5) is 0 Å². The van der Waals surface area contributed by atoms with E-state index in [1.54, 1.807) is 7.11 Å². The highest BCUT2D eigenvalue weighted by Gasteiger charge is 2.44.